The average molecular weight is 385 g/mol. The van der Waals surface area contributed by atoms with Crippen LogP contribution in [0.2, 0.25) is 0 Å². The number of hydrogen-bond donors (Lipinski definition) is 3. The third-order valence-corrected chi connectivity index (χ3v) is 6.17. The Bertz CT molecular complexity index is 736. The van der Waals surface area contributed by atoms with Gasteiger partial charge in [0, 0.05) is 18.8 Å². The Balaban J connectivity index is 1.51. The largest absolute Gasteiger partial charge is 0.481 e. The first-order valence-electron chi connectivity index (χ1n) is 10.4. The molecule has 0 saturated heterocycles. The summed E-state index contributed by atoms with van der Waals surface area (Å²) < 4.78 is 0. The van der Waals surface area contributed by atoms with E-state index in [1.807, 2.05) is 37.3 Å². The molecule has 1 saturated carbocycles. The molecular formula is C24H32O4. The molecule has 4 heteroatoms. The quantitative estimate of drug-likeness (QED) is 0.443. The van der Waals surface area contributed by atoms with Gasteiger partial charge < -0.3 is 15.3 Å². The van der Waals surface area contributed by atoms with Crippen LogP contribution in [-0.4, -0.2) is 33.5 Å². The van der Waals surface area contributed by atoms with Crippen LogP contribution in [0.15, 0.2) is 48.1 Å². The normalized spacial score (nSPS) is 27.8. The summed E-state index contributed by atoms with van der Waals surface area (Å²) in [5, 5.41) is 29.6. The van der Waals surface area contributed by atoms with Crippen molar-refractivity contribution in [1.29, 1.82) is 0 Å². The summed E-state index contributed by atoms with van der Waals surface area (Å²) in [6, 6.07) is 8.18. The van der Waals surface area contributed by atoms with E-state index in [9.17, 15) is 15.0 Å². The van der Waals surface area contributed by atoms with Crippen LogP contribution in [0.3, 0.4) is 0 Å². The smallest absolute Gasteiger partial charge is 0.303 e. The van der Waals surface area contributed by atoms with Crippen molar-refractivity contribution in [3.63, 3.8) is 0 Å². The molecule has 3 N–H and O–H groups in total. The number of carboxylic acids is 1. The van der Waals surface area contributed by atoms with Crippen LogP contribution in [0.1, 0.15) is 49.7 Å². The number of aryl methyl sites for hydroxylation is 1. The third-order valence-electron chi connectivity index (χ3n) is 6.17. The lowest BCUT2D eigenvalue weighted by molar-refractivity contribution is -0.137. The molecule has 0 amide bonds. The Hall–Kier alpha value is -1.91. The van der Waals surface area contributed by atoms with Gasteiger partial charge in [-0.05, 0) is 56.4 Å². The fourth-order valence-corrected chi connectivity index (χ4v) is 4.82. The molecule has 1 aromatic rings. The van der Waals surface area contributed by atoms with E-state index < -0.39 is 12.1 Å². The minimum atomic E-state index is -0.727. The van der Waals surface area contributed by atoms with Gasteiger partial charge in [-0.15, -0.1) is 0 Å². The van der Waals surface area contributed by atoms with Crippen molar-refractivity contribution >= 4 is 5.97 Å². The zero-order chi connectivity index (χ0) is 20.1. The average Bonchev–Trinajstić information content (AvgIpc) is 3.13. The second-order valence-corrected chi connectivity index (χ2v) is 8.48. The molecule has 0 aliphatic heterocycles. The van der Waals surface area contributed by atoms with Gasteiger partial charge in [0.15, 0.2) is 0 Å². The number of aliphatic hydroxyl groups is 2. The summed E-state index contributed by atoms with van der Waals surface area (Å²) in [5.41, 5.74) is 3.72. The van der Waals surface area contributed by atoms with Gasteiger partial charge in [0.1, 0.15) is 0 Å². The topological polar surface area (TPSA) is 77.8 Å². The molecule has 2 aliphatic rings. The molecular weight excluding hydrogens is 352 g/mol. The first kappa shape index (κ1) is 20.8. The molecule has 0 heterocycles. The Morgan fingerprint density at radius 1 is 1.32 bits per heavy atom. The Kier molecular flexibility index (Phi) is 7.08. The van der Waals surface area contributed by atoms with Crippen molar-refractivity contribution in [3.8, 4) is 0 Å². The monoisotopic (exact) mass is 384 g/mol. The van der Waals surface area contributed by atoms with Crippen LogP contribution < -0.4 is 0 Å². The van der Waals surface area contributed by atoms with Gasteiger partial charge in [-0.3, -0.25) is 4.79 Å². The Morgan fingerprint density at radius 3 is 2.89 bits per heavy atom. The molecule has 2 unspecified atom stereocenters. The summed E-state index contributed by atoms with van der Waals surface area (Å²) >= 11 is 0. The van der Waals surface area contributed by atoms with Gasteiger partial charge in [-0.1, -0.05) is 53.6 Å². The molecule has 0 spiro atoms. The maximum atomic E-state index is 10.6. The Morgan fingerprint density at radius 2 is 2.14 bits per heavy atom. The van der Waals surface area contributed by atoms with Crippen LogP contribution in [0.4, 0.5) is 0 Å². The molecule has 0 radical (unpaired) electrons. The number of carbonyl (C=O) groups is 1. The second-order valence-electron chi connectivity index (χ2n) is 8.48. The standard InChI is InChI=1S/C24H32O4/c1-16-5-4-7-17(11-16)13-20(25)9-10-21-22-14-18(6-2-3-8-24(27)28)12-19(22)15-23(21)26/h4-5,7,9-12,19-23,25-26H,2-3,6,8,13-15H2,1H3,(H,27,28)/b10-9+/t19?,20-,21?,22-,23+/m0/s1. The minimum Gasteiger partial charge on any atom is -0.481 e. The number of rotatable bonds is 9. The lowest BCUT2D eigenvalue weighted by atomic mass is 9.88. The second kappa shape index (κ2) is 9.53. The molecule has 2 aliphatic carbocycles. The number of aliphatic hydroxyl groups excluding tert-OH is 2. The molecule has 152 valence electrons. The van der Waals surface area contributed by atoms with Gasteiger partial charge in [0.2, 0.25) is 0 Å². The summed E-state index contributed by atoms with van der Waals surface area (Å²) in [6.45, 7) is 2.05. The first-order chi connectivity index (χ1) is 13.4. The number of fused-ring (bicyclic) bond motifs is 1. The lowest BCUT2D eigenvalue weighted by Gasteiger charge is -2.19. The molecule has 1 fully saturated rings. The fourth-order valence-electron chi connectivity index (χ4n) is 4.82. The highest BCUT2D eigenvalue weighted by Gasteiger charge is 2.43. The van der Waals surface area contributed by atoms with Crippen LogP contribution in [0.5, 0.6) is 0 Å². The van der Waals surface area contributed by atoms with Gasteiger partial charge in [0.25, 0.3) is 0 Å². The summed E-state index contributed by atoms with van der Waals surface area (Å²) in [5.74, 6) is 0.180. The van der Waals surface area contributed by atoms with Crippen LogP contribution >= 0.6 is 0 Å². The SMILES string of the molecule is Cc1cccc(C[C@@H](O)/C=C/C2[C@H]3CC(CCCCC(=O)O)=CC3C[C@H]2O)c1. The van der Waals surface area contributed by atoms with Crippen molar-refractivity contribution in [2.24, 2.45) is 17.8 Å². The van der Waals surface area contributed by atoms with E-state index >= 15 is 0 Å². The number of hydrogen-bond acceptors (Lipinski definition) is 3. The molecule has 1 aromatic carbocycles. The third kappa shape index (κ3) is 5.55. The number of benzene rings is 1. The number of aliphatic carboxylic acids is 1. The molecule has 3 rings (SSSR count). The zero-order valence-electron chi connectivity index (χ0n) is 16.6. The zero-order valence-corrected chi connectivity index (χ0v) is 16.6. The maximum absolute atomic E-state index is 10.6. The predicted molar refractivity (Wildman–Crippen MR) is 110 cm³/mol. The van der Waals surface area contributed by atoms with E-state index in [4.69, 9.17) is 5.11 Å². The molecule has 4 nitrogen and oxygen atoms in total. The van der Waals surface area contributed by atoms with E-state index in [0.717, 1.165) is 37.7 Å². The minimum absolute atomic E-state index is 0.0879. The van der Waals surface area contributed by atoms with Gasteiger partial charge in [-0.2, -0.15) is 0 Å². The Labute approximate surface area is 167 Å². The highest BCUT2D eigenvalue weighted by Crippen LogP contribution is 2.48. The summed E-state index contributed by atoms with van der Waals surface area (Å²) in [6.07, 6.45) is 10.5. The summed E-state index contributed by atoms with van der Waals surface area (Å²) in [7, 11) is 0. The lowest BCUT2D eigenvalue weighted by Crippen LogP contribution is -2.18. The van der Waals surface area contributed by atoms with Crippen molar-refractivity contribution in [1.82, 2.24) is 0 Å². The molecule has 0 aromatic heterocycles. The van der Waals surface area contributed by atoms with E-state index in [-0.39, 0.29) is 18.4 Å². The van der Waals surface area contributed by atoms with Gasteiger partial charge in [0.05, 0.1) is 12.2 Å². The van der Waals surface area contributed by atoms with E-state index in [1.165, 1.54) is 11.1 Å². The fraction of sp³-hybridized carbons (Fsp3) is 0.542. The maximum Gasteiger partial charge on any atom is 0.303 e. The van der Waals surface area contributed by atoms with Crippen LogP contribution in [-0.2, 0) is 11.2 Å². The first-order valence-corrected chi connectivity index (χ1v) is 10.4. The van der Waals surface area contributed by atoms with Crippen LogP contribution in [0.25, 0.3) is 0 Å². The molecule has 0 bridgehead atoms. The molecule has 5 atom stereocenters. The highest BCUT2D eigenvalue weighted by atomic mass is 16.4. The molecule has 28 heavy (non-hydrogen) atoms. The van der Waals surface area contributed by atoms with E-state index in [1.54, 1.807) is 0 Å². The van der Waals surface area contributed by atoms with E-state index in [2.05, 4.69) is 12.1 Å². The van der Waals surface area contributed by atoms with Crippen molar-refractivity contribution < 1.29 is 20.1 Å². The number of allylic oxidation sites excluding steroid dienone is 2. The van der Waals surface area contributed by atoms with Crippen molar-refractivity contribution in [2.45, 2.75) is 64.1 Å². The van der Waals surface area contributed by atoms with Gasteiger partial charge >= 0.3 is 5.97 Å². The van der Waals surface area contributed by atoms with Crippen LogP contribution in [0, 0.1) is 24.7 Å². The summed E-state index contributed by atoms with van der Waals surface area (Å²) in [4.78, 5) is 10.6. The van der Waals surface area contributed by atoms with Crippen molar-refractivity contribution in [3.05, 3.63) is 59.2 Å². The number of unbranched alkanes of at least 4 members (excludes halogenated alkanes) is 1. The van der Waals surface area contributed by atoms with E-state index in [0.29, 0.717) is 18.3 Å². The van der Waals surface area contributed by atoms with Crippen molar-refractivity contribution in [2.75, 3.05) is 0 Å². The number of carboxylic acid groups (broad SMARTS) is 1. The highest BCUT2D eigenvalue weighted by molar-refractivity contribution is 5.66. The van der Waals surface area contributed by atoms with Gasteiger partial charge in [-0.25, -0.2) is 0 Å². The predicted octanol–water partition coefficient (Wildman–Crippen LogP) is 4.04.